The fourth-order valence-electron chi connectivity index (χ4n) is 2.80. The van der Waals surface area contributed by atoms with Crippen LogP contribution < -0.4 is 4.90 Å². The molecule has 148 valence electrons. The van der Waals surface area contributed by atoms with E-state index in [0.717, 1.165) is 23.2 Å². The van der Waals surface area contributed by atoms with Gasteiger partial charge in [0.15, 0.2) is 15.0 Å². The summed E-state index contributed by atoms with van der Waals surface area (Å²) in [7, 11) is 0.215. The Morgan fingerprint density at radius 3 is 2.36 bits per heavy atom. The monoisotopic (exact) mass is 417 g/mol. The Labute approximate surface area is 169 Å². The average Bonchev–Trinajstić information content (AvgIpc) is 3.09. The van der Waals surface area contributed by atoms with Crippen molar-refractivity contribution in [2.75, 3.05) is 37.8 Å². The fourth-order valence-corrected chi connectivity index (χ4v) is 5.03. The van der Waals surface area contributed by atoms with E-state index in [-0.39, 0.29) is 4.90 Å². The first-order chi connectivity index (χ1) is 13.4. The van der Waals surface area contributed by atoms with Crippen molar-refractivity contribution in [3.63, 3.8) is 0 Å². The van der Waals surface area contributed by atoms with Gasteiger partial charge in [-0.25, -0.2) is 13.4 Å². The summed E-state index contributed by atoms with van der Waals surface area (Å²) in [5.74, 6) is -1.03. The van der Waals surface area contributed by atoms with Gasteiger partial charge >= 0.3 is 0 Å². The van der Waals surface area contributed by atoms with Crippen LogP contribution in [0.15, 0.2) is 59.5 Å². The molecule has 8 heteroatoms. The highest BCUT2D eigenvalue weighted by atomic mass is 32.2. The van der Waals surface area contributed by atoms with Gasteiger partial charge in [0.25, 0.3) is 0 Å². The third-order valence-electron chi connectivity index (χ3n) is 4.22. The van der Waals surface area contributed by atoms with Gasteiger partial charge in [-0.05, 0) is 51.3 Å². The van der Waals surface area contributed by atoms with E-state index in [1.54, 1.807) is 18.2 Å². The topological polar surface area (TPSA) is 70.6 Å². The second-order valence-corrected chi connectivity index (χ2v) is 9.74. The zero-order valence-corrected chi connectivity index (χ0v) is 17.5. The molecule has 0 saturated heterocycles. The predicted octanol–water partition coefficient (Wildman–Crippen LogP) is 3.05. The number of hydrogen-bond donors (Lipinski definition) is 0. The van der Waals surface area contributed by atoms with Crippen molar-refractivity contribution in [2.24, 2.45) is 0 Å². The first-order valence-corrected chi connectivity index (χ1v) is 11.4. The Hall–Kier alpha value is -2.29. The third kappa shape index (κ3) is 4.95. The molecule has 0 fully saturated rings. The van der Waals surface area contributed by atoms with Crippen LogP contribution in [0.5, 0.6) is 0 Å². The highest BCUT2D eigenvalue weighted by Gasteiger charge is 2.26. The highest BCUT2D eigenvalue weighted by molar-refractivity contribution is 7.92. The van der Waals surface area contributed by atoms with Crippen LogP contribution >= 0.6 is 11.3 Å². The van der Waals surface area contributed by atoms with E-state index >= 15 is 0 Å². The number of benzene rings is 2. The summed E-state index contributed by atoms with van der Waals surface area (Å²) in [6, 6.07) is 15.7. The standard InChI is InChI=1S/C20H23N3O3S2/c1-22(2)13-8-14-23(20-21-17-11-6-7-12-18(17)27-20)19(24)15-28(25,26)16-9-4-3-5-10-16/h3-7,9-12H,8,13-15H2,1-2H3. The smallest absolute Gasteiger partial charge is 0.244 e. The number of aromatic nitrogens is 1. The molecule has 0 unspecified atom stereocenters. The number of thiazole rings is 1. The van der Waals surface area contributed by atoms with Gasteiger partial charge in [0.1, 0.15) is 5.75 Å². The van der Waals surface area contributed by atoms with Gasteiger partial charge in [0, 0.05) is 6.54 Å². The Morgan fingerprint density at radius 2 is 1.68 bits per heavy atom. The van der Waals surface area contributed by atoms with E-state index in [1.807, 2.05) is 43.3 Å². The van der Waals surface area contributed by atoms with E-state index in [0.29, 0.717) is 11.7 Å². The number of anilines is 1. The molecule has 6 nitrogen and oxygen atoms in total. The second kappa shape index (κ2) is 8.81. The van der Waals surface area contributed by atoms with Gasteiger partial charge in [-0.3, -0.25) is 9.69 Å². The maximum Gasteiger partial charge on any atom is 0.244 e. The lowest BCUT2D eigenvalue weighted by Crippen LogP contribution is -2.37. The quantitative estimate of drug-likeness (QED) is 0.563. The zero-order valence-electron chi connectivity index (χ0n) is 15.9. The van der Waals surface area contributed by atoms with Gasteiger partial charge in [-0.2, -0.15) is 0 Å². The van der Waals surface area contributed by atoms with Crippen molar-refractivity contribution >= 4 is 42.4 Å². The summed E-state index contributed by atoms with van der Waals surface area (Å²) >= 11 is 1.40. The SMILES string of the molecule is CN(C)CCCN(C(=O)CS(=O)(=O)c1ccccc1)c1nc2ccccc2s1. The van der Waals surface area contributed by atoms with Crippen molar-refractivity contribution in [3.8, 4) is 0 Å². The molecule has 0 aliphatic rings. The lowest BCUT2D eigenvalue weighted by Gasteiger charge is -2.21. The molecule has 1 aromatic heterocycles. The minimum absolute atomic E-state index is 0.154. The summed E-state index contributed by atoms with van der Waals surface area (Å²) in [4.78, 5) is 21.2. The average molecular weight is 418 g/mol. The van der Waals surface area contributed by atoms with E-state index in [4.69, 9.17) is 0 Å². The van der Waals surface area contributed by atoms with Crippen LogP contribution in [0.3, 0.4) is 0 Å². The third-order valence-corrected chi connectivity index (χ3v) is 6.89. The number of hydrogen-bond acceptors (Lipinski definition) is 6. The molecule has 3 rings (SSSR count). The molecular weight excluding hydrogens is 394 g/mol. The van der Waals surface area contributed by atoms with Gasteiger partial charge < -0.3 is 4.90 Å². The zero-order chi connectivity index (χ0) is 20.1. The largest absolute Gasteiger partial charge is 0.309 e. The molecule has 3 aromatic rings. The predicted molar refractivity (Wildman–Crippen MR) is 114 cm³/mol. The van der Waals surface area contributed by atoms with E-state index in [9.17, 15) is 13.2 Å². The molecule has 0 aliphatic heterocycles. The van der Waals surface area contributed by atoms with Crippen LogP contribution in [0.25, 0.3) is 10.2 Å². The lowest BCUT2D eigenvalue weighted by atomic mass is 10.3. The van der Waals surface area contributed by atoms with Gasteiger partial charge in [-0.15, -0.1) is 0 Å². The molecule has 0 spiro atoms. The molecular formula is C20H23N3O3S2. The molecule has 0 bridgehead atoms. The molecule has 28 heavy (non-hydrogen) atoms. The maximum absolute atomic E-state index is 13.0. The van der Waals surface area contributed by atoms with Crippen LogP contribution in [0.1, 0.15) is 6.42 Å². The van der Waals surface area contributed by atoms with Gasteiger partial charge in [0.2, 0.25) is 5.91 Å². The molecule has 0 N–H and O–H groups in total. The number of rotatable bonds is 8. The Bertz CT molecular complexity index is 1010. The second-order valence-electron chi connectivity index (χ2n) is 6.74. The minimum atomic E-state index is -3.71. The van der Waals surface area contributed by atoms with Crippen LogP contribution in [-0.4, -0.2) is 57.1 Å². The lowest BCUT2D eigenvalue weighted by molar-refractivity contribution is -0.116. The molecule has 2 aromatic carbocycles. The number of para-hydroxylation sites is 1. The number of carbonyl (C=O) groups excluding carboxylic acids is 1. The van der Waals surface area contributed by atoms with Gasteiger partial charge in [0.05, 0.1) is 15.1 Å². The van der Waals surface area contributed by atoms with Crippen molar-refractivity contribution in [3.05, 3.63) is 54.6 Å². The van der Waals surface area contributed by atoms with Crippen molar-refractivity contribution in [2.45, 2.75) is 11.3 Å². The molecule has 1 amide bonds. The number of sulfone groups is 1. The molecule has 0 aliphatic carbocycles. The normalized spacial score (nSPS) is 11.8. The highest BCUT2D eigenvalue weighted by Crippen LogP contribution is 2.29. The summed E-state index contributed by atoms with van der Waals surface area (Å²) < 4.78 is 26.3. The number of carbonyl (C=O) groups is 1. The maximum atomic E-state index is 13.0. The molecule has 1 heterocycles. The van der Waals surface area contributed by atoms with E-state index in [2.05, 4.69) is 4.98 Å². The Balaban J connectivity index is 1.86. The van der Waals surface area contributed by atoms with Gasteiger partial charge in [-0.1, -0.05) is 41.7 Å². The Kier molecular flexibility index (Phi) is 6.43. The molecule has 0 radical (unpaired) electrons. The minimum Gasteiger partial charge on any atom is -0.309 e. The van der Waals surface area contributed by atoms with E-state index in [1.165, 1.54) is 28.4 Å². The summed E-state index contributed by atoms with van der Waals surface area (Å²) in [6.45, 7) is 1.21. The van der Waals surface area contributed by atoms with Crippen molar-refractivity contribution in [1.82, 2.24) is 9.88 Å². The first-order valence-electron chi connectivity index (χ1n) is 8.95. The van der Waals surface area contributed by atoms with Crippen LogP contribution in [0.2, 0.25) is 0 Å². The molecule has 0 atom stereocenters. The summed E-state index contributed by atoms with van der Waals surface area (Å²) in [6.07, 6.45) is 0.722. The molecule has 0 saturated carbocycles. The number of amides is 1. The first kappa shape index (κ1) is 20.4. The van der Waals surface area contributed by atoms with Crippen LogP contribution in [0.4, 0.5) is 5.13 Å². The van der Waals surface area contributed by atoms with Crippen LogP contribution in [-0.2, 0) is 14.6 Å². The van der Waals surface area contributed by atoms with Crippen molar-refractivity contribution in [1.29, 1.82) is 0 Å². The van der Waals surface area contributed by atoms with E-state index < -0.39 is 21.5 Å². The van der Waals surface area contributed by atoms with Crippen molar-refractivity contribution < 1.29 is 13.2 Å². The number of nitrogens with zero attached hydrogens (tertiary/aromatic N) is 3. The Morgan fingerprint density at radius 1 is 1.00 bits per heavy atom. The fraction of sp³-hybridized carbons (Fsp3) is 0.300. The summed E-state index contributed by atoms with van der Waals surface area (Å²) in [5.41, 5.74) is 0.804. The summed E-state index contributed by atoms with van der Waals surface area (Å²) in [5, 5.41) is 0.535. The van der Waals surface area contributed by atoms with Crippen LogP contribution in [0, 0.1) is 0 Å². The number of fused-ring (bicyclic) bond motifs is 1.